The van der Waals surface area contributed by atoms with Gasteiger partial charge in [0.1, 0.15) is 29.3 Å². The van der Waals surface area contributed by atoms with Gasteiger partial charge in [-0.15, -0.1) is 0 Å². The molecule has 1 aliphatic heterocycles. The van der Waals surface area contributed by atoms with Gasteiger partial charge in [0.2, 0.25) is 5.88 Å². The summed E-state index contributed by atoms with van der Waals surface area (Å²) in [5.74, 6) is -2.65. The molecule has 1 aliphatic rings. The van der Waals surface area contributed by atoms with Crippen molar-refractivity contribution in [2.45, 2.75) is 50.1 Å². The third-order valence-corrected chi connectivity index (χ3v) is 5.46. The van der Waals surface area contributed by atoms with Crippen molar-refractivity contribution in [3.05, 3.63) is 26.4 Å². The first-order chi connectivity index (χ1) is 15.3. The monoisotopic (exact) mass is 533 g/mol. The van der Waals surface area contributed by atoms with Crippen LogP contribution in [0.4, 0.5) is 0 Å². The molecule has 0 radical (unpaired) electrons. The number of carbonyl (C=O) groups excluding carboxylic acids is 3. The fourth-order valence-corrected chi connectivity index (χ4v) is 3.88. The number of nitrogens with zero attached hydrogens (tertiary/aromatic N) is 3. The Labute approximate surface area is 196 Å². The number of rotatable bonds is 6. The van der Waals surface area contributed by atoms with Crippen molar-refractivity contribution in [1.82, 2.24) is 9.13 Å². The number of carbonyl (C=O) groups is 3. The zero-order valence-electron chi connectivity index (χ0n) is 18.5. The molecular weight excluding hydrogens is 510 g/mol. The molecule has 33 heavy (non-hydrogen) atoms. The first kappa shape index (κ1) is 26.3. The van der Waals surface area contributed by atoms with E-state index in [-0.39, 0.29) is 12.2 Å². The second-order valence-corrected chi connectivity index (χ2v) is 8.09. The highest BCUT2D eigenvalue weighted by Gasteiger charge is 2.49. The number of aromatic hydroxyl groups is 1. The third kappa shape index (κ3) is 6.07. The Bertz CT molecular complexity index is 1080. The van der Waals surface area contributed by atoms with E-state index in [9.17, 15) is 29.1 Å². The molecule has 0 spiro atoms. The molecule has 14 heteroatoms. The lowest BCUT2D eigenvalue weighted by Crippen LogP contribution is -2.59. The van der Waals surface area contributed by atoms with Crippen LogP contribution in [0.5, 0.6) is 5.88 Å². The molecule has 0 amide bonds. The fraction of sp³-hybridized carbons (Fsp3) is 0.579. The van der Waals surface area contributed by atoms with Gasteiger partial charge in [0.05, 0.1) is 0 Å². The maximum absolute atomic E-state index is 12.4. The third-order valence-electron chi connectivity index (χ3n) is 4.70. The van der Waals surface area contributed by atoms with E-state index in [0.29, 0.717) is 0 Å². The molecule has 182 valence electrons. The van der Waals surface area contributed by atoms with Gasteiger partial charge >= 0.3 is 23.6 Å². The van der Waals surface area contributed by atoms with Crippen LogP contribution in [-0.4, -0.2) is 74.3 Å². The Hall–Kier alpha value is -3.00. The zero-order valence-corrected chi connectivity index (χ0v) is 20.1. The summed E-state index contributed by atoms with van der Waals surface area (Å²) < 4.78 is 23.0. The molecule has 2 rings (SSSR count). The number of aromatic nitrogens is 2. The Morgan fingerprint density at radius 3 is 2.18 bits per heavy atom. The Kier molecular flexibility index (Phi) is 8.55. The lowest BCUT2D eigenvalue weighted by molar-refractivity contribution is -0.207. The van der Waals surface area contributed by atoms with Crippen LogP contribution >= 0.6 is 15.9 Å². The van der Waals surface area contributed by atoms with E-state index < -0.39 is 64.4 Å². The quantitative estimate of drug-likeness (QED) is 0.210. The molecule has 1 N–H and O–H groups in total. The minimum absolute atomic E-state index is 0.299. The summed E-state index contributed by atoms with van der Waals surface area (Å²) in [6, 6.07) is -1.06. The highest BCUT2D eigenvalue weighted by Crippen LogP contribution is 2.31. The molecule has 2 heterocycles. The minimum atomic E-state index is -1.21. The maximum atomic E-state index is 12.4. The lowest BCUT2D eigenvalue weighted by atomic mass is 9.98. The van der Waals surface area contributed by atoms with Gasteiger partial charge in [-0.1, -0.05) is 15.9 Å². The Morgan fingerprint density at radius 1 is 1.06 bits per heavy atom. The SMILES string of the molecule is CC(=O)OC[C@H]1O[C@H](Br)[C@H](N=Cc2c(O)n(C)c(=O)n(C)c2=O)[C@@H](OC(C)=O)[C@@H]1OC(C)=O. The summed E-state index contributed by atoms with van der Waals surface area (Å²) in [6.07, 6.45) is -2.41. The average molecular weight is 534 g/mol. The molecule has 0 aliphatic carbocycles. The molecule has 1 saturated heterocycles. The van der Waals surface area contributed by atoms with Crippen LogP contribution in [0.2, 0.25) is 0 Å². The van der Waals surface area contributed by atoms with E-state index in [2.05, 4.69) is 20.9 Å². The van der Waals surface area contributed by atoms with Crippen LogP contribution < -0.4 is 11.2 Å². The van der Waals surface area contributed by atoms with E-state index in [1.54, 1.807) is 0 Å². The summed E-state index contributed by atoms with van der Waals surface area (Å²) in [4.78, 5) is 63.3. The van der Waals surface area contributed by atoms with Gasteiger partial charge in [0, 0.05) is 41.1 Å². The van der Waals surface area contributed by atoms with Gasteiger partial charge in [0.25, 0.3) is 5.56 Å². The van der Waals surface area contributed by atoms with Crippen LogP contribution in [0.1, 0.15) is 26.3 Å². The zero-order chi connectivity index (χ0) is 25.0. The standard InChI is InChI=1S/C19H24BrN3O10/c1-8(24)30-7-12-14(31-9(2)25)15(32-10(3)26)13(16(20)33-12)21-6-11-17(27)22(4)19(29)23(5)18(11)28/h6,12-16,27H,7H2,1-5H3/t12-,13-,14-,15-,16+/m1/s1. The van der Waals surface area contributed by atoms with Gasteiger partial charge in [0.15, 0.2) is 12.2 Å². The first-order valence-corrected chi connectivity index (χ1v) is 10.6. The Balaban J connectivity index is 2.51. The summed E-state index contributed by atoms with van der Waals surface area (Å²) in [6.45, 7) is 3.16. The van der Waals surface area contributed by atoms with Crippen molar-refractivity contribution in [1.29, 1.82) is 0 Å². The lowest BCUT2D eigenvalue weighted by Gasteiger charge is -2.42. The Morgan fingerprint density at radius 2 is 1.64 bits per heavy atom. The molecule has 0 saturated carbocycles. The normalized spacial score (nSPS) is 25.0. The summed E-state index contributed by atoms with van der Waals surface area (Å²) in [7, 11) is 2.50. The van der Waals surface area contributed by atoms with Crippen LogP contribution in [0.3, 0.4) is 0 Å². The molecule has 0 unspecified atom stereocenters. The molecule has 1 aromatic heterocycles. The van der Waals surface area contributed by atoms with Crippen molar-refractivity contribution in [3.63, 3.8) is 0 Å². The summed E-state index contributed by atoms with van der Waals surface area (Å²) in [5.41, 5.74) is -1.85. The van der Waals surface area contributed by atoms with Crippen molar-refractivity contribution >= 4 is 40.1 Å². The van der Waals surface area contributed by atoms with E-state index in [0.717, 1.165) is 29.2 Å². The van der Waals surface area contributed by atoms with Crippen LogP contribution in [0, 0.1) is 0 Å². The van der Waals surface area contributed by atoms with Gasteiger partial charge < -0.3 is 24.1 Å². The molecule has 1 aromatic rings. The van der Waals surface area contributed by atoms with Gasteiger partial charge in [-0.05, 0) is 0 Å². The van der Waals surface area contributed by atoms with Gasteiger partial charge in [-0.3, -0.25) is 33.3 Å². The second kappa shape index (κ2) is 10.7. The fourth-order valence-electron chi connectivity index (χ4n) is 3.16. The smallest absolute Gasteiger partial charge is 0.333 e. The first-order valence-electron chi connectivity index (χ1n) is 9.64. The molecule has 1 fully saturated rings. The largest absolute Gasteiger partial charge is 0.494 e. The highest BCUT2D eigenvalue weighted by atomic mass is 79.9. The number of halogens is 1. The second-order valence-electron chi connectivity index (χ2n) is 7.19. The topological polar surface area (TPSA) is 165 Å². The number of hydrogen-bond acceptors (Lipinski definition) is 11. The average Bonchev–Trinajstić information content (AvgIpc) is 2.72. The number of ether oxygens (including phenoxy) is 4. The van der Waals surface area contributed by atoms with Crippen LogP contribution in [0.25, 0.3) is 0 Å². The minimum Gasteiger partial charge on any atom is -0.494 e. The summed E-state index contributed by atoms with van der Waals surface area (Å²) in [5, 5.41) is 9.30. The predicted octanol–water partition coefficient (Wildman–Crippen LogP) is -0.877. The van der Waals surface area contributed by atoms with Crippen LogP contribution in [-0.2, 0) is 47.4 Å². The van der Waals surface area contributed by atoms with Gasteiger partial charge in [-0.25, -0.2) is 4.79 Å². The van der Waals surface area contributed by atoms with E-state index in [1.165, 1.54) is 21.0 Å². The summed E-state index contributed by atoms with van der Waals surface area (Å²) >= 11 is 3.27. The number of hydrogen-bond donors (Lipinski definition) is 1. The number of alkyl halides is 1. The van der Waals surface area contributed by atoms with Crippen molar-refractivity contribution < 1.29 is 38.4 Å². The van der Waals surface area contributed by atoms with Crippen molar-refractivity contribution in [2.24, 2.45) is 19.1 Å². The highest BCUT2D eigenvalue weighted by molar-refractivity contribution is 9.09. The van der Waals surface area contributed by atoms with Crippen molar-refractivity contribution in [2.75, 3.05) is 6.61 Å². The van der Waals surface area contributed by atoms with Gasteiger partial charge in [-0.2, -0.15) is 0 Å². The van der Waals surface area contributed by atoms with E-state index in [1.807, 2.05) is 0 Å². The number of aliphatic imine (C=N–C) groups is 1. The van der Waals surface area contributed by atoms with Crippen molar-refractivity contribution in [3.8, 4) is 5.88 Å². The van der Waals surface area contributed by atoms with E-state index >= 15 is 0 Å². The maximum Gasteiger partial charge on any atom is 0.333 e. The molecule has 5 atom stereocenters. The van der Waals surface area contributed by atoms with E-state index in [4.69, 9.17) is 18.9 Å². The molecular formula is C19H24BrN3O10. The molecule has 13 nitrogen and oxygen atoms in total. The predicted molar refractivity (Wildman–Crippen MR) is 115 cm³/mol. The molecule has 0 aromatic carbocycles. The number of esters is 3. The van der Waals surface area contributed by atoms with Crippen LogP contribution in [0.15, 0.2) is 14.6 Å². The molecule has 0 bridgehead atoms.